The Morgan fingerprint density at radius 1 is 1.09 bits per heavy atom. The van der Waals surface area contributed by atoms with Gasteiger partial charge in [-0.1, -0.05) is 31.0 Å². The molecule has 2 aliphatic rings. The molecular weight excluding hydrogens is 274 g/mol. The molecule has 1 aliphatic heterocycles. The van der Waals surface area contributed by atoms with Crippen LogP contribution in [0.4, 0.5) is 0 Å². The van der Waals surface area contributed by atoms with Gasteiger partial charge in [0.2, 0.25) is 0 Å². The summed E-state index contributed by atoms with van der Waals surface area (Å²) < 4.78 is 0. The van der Waals surface area contributed by atoms with Crippen LogP contribution in [-0.2, 0) is 13.1 Å². The van der Waals surface area contributed by atoms with Crippen LogP contribution in [0.5, 0.6) is 0 Å². The summed E-state index contributed by atoms with van der Waals surface area (Å²) in [6.07, 6.45) is 5.46. The quantitative estimate of drug-likeness (QED) is 0.762. The molecule has 1 saturated carbocycles. The van der Waals surface area contributed by atoms with Crippen molar-refractivity contribution in [2.45, 2.75) is 44.8 Å². The summed E-state index contributed by atoms with van der Waals surface area (Å²) in [5.41, 5.74) is 4.46. The molecule has 2 aromatic heterocycles. The van der Waals surface area contributed by atoms with Gasteiger partial charge in [0.1, 0.15) is 5.69 Å². The third-order valence-corrected chi connectivity index (χ3v) is 5.11. The Balaban J connectivity index is 1.46. The molecule has 5 rings (SSSR count). The fourth-order valence-electron chi connectivity index (χ4n) is 3.94. The maximum atomic E-state index is 4.83. The number of rotatable bonds is 2. The van der Waals surface area contributed by atoms with Crippen molar-refractivity contribution in [2.75, 3.05) is 0 Å². The molecule has 0 unspecified atom stereocenters. The number of H-pyrrole nitrogens is 2. The summed E-state index contributed by atoms with van der Waals surface area (Å²) in [7, 11) is 0. The average molecular weight is 293 g/mol. The highest BCUT2D eigenvalue weighted by atomic mass is 15.2. The summed E-state index contributed by atoms with van der Waals surface area (Å²) in [5.74, 6) is 0.897. The smallest absolute Gasteiger partial charge is 0.159 e. The summed E-state index contributed by atoms with van der Waals surface area (Å²) in [5, 5.41) is 8.65. The molecule has 0 radical (unpaired) electrons. The molecule has 22 heavy (non-hydrogen) atoms. The standard InChI is InChI=1S/C17H19N5/c1-2-6-11(5-1)22-9-14-15(10-22)19-17(18-14)16-12-7-3-4-8-13(12)20-21-16/h3-4,7-8,11H,1-2,5-6,9-10H2,(H,18,19)(H,20,21). The van der Waals surface area contributed by atoms with E-state index in [1.807, 2.05) is 18.2 Å². The maximum absolute atomic E-state index is 4.83. The monoisotopic (exact) mass is 293 g/mol. The lowest BCUT2D eigenvalue weighted by molar-refractivity contribution is 0.199. The van der Waals surface area contributed by atoms with E-state index in [2.05, 4.69) is 26.1 Å². The predicted molar refractivity (Wildman–Crippen MR) is 85.2 cm³/mol. The molecule has 2 N–H and O–H groups in total. The number of hydrogen-bond acceptors (Lipinski definition) is 3. The second kappa shape index (κ2) is 4.68. The van der Waals surface area contributed by atoms with Crippen molar-refractivity contribution in [2.24, 2.45) is 0 Å². The summed E-state index contributed by atoms with van der Waals surface area (Å²) >= 11 is 0. The lowest BCUT2D eigenvalue weighted by Gasteiger charge is -2.22. The van der Waals surface area contributed by atoms with Gasteiger partial charge in [0, 0.05) is 24.5 Å². The van der Waals surface area contributed by atoms with Crippen LogP contribution in [0, 0.1) is 0 Å². The molecular formula is C17H19N5. The van der Waals surface area contributed by atoms with E-state index in [0.717, 1.165) is 41.6 Å². The van der Waals surface area contributed by atoms with E-state index >= 15 is 0 Å². The Hall–Kier alpha value is -2.14. The van der Waals surface area contributed by atoms with E-state index in [4.69, 9.17) is 4.98 Å². The molecule has 3 aromatic rings. The second-order valence-electron chi connectivity index (χ2n) is 6.47. The first kappa shape index (κ1) is 12.4. The Morgan fingerprint density at radius 2 is 1.95 bits per heavy atom. The van der Waals surface area contributed by atoms with Crippen LogP contribution in [0.25, 0.3) is 22.4 Å². The fourth-order valence-corrected chi connectivity index (χ4v) is 3.94. The first-order chi connectivity index (χ1) is 10.9. The predicted octanol–water partition coefficient (Wildman–Crippen LogP) is 3.21. The zero-order valence-electron chi connectivity index (χ0n) is 12.5. The third-order valence-electron chi connectivity index (χ3n) is 5.11. The van der Waals surface area contributed by atoms with Gasteiger partial charge in [-0.15, -0.1) is 0 Å². The van der Waals surface area contributed by atoms with Gasteiger partial charge in [-0.3, -0.25) is 10.00 Å². The molecule has 3 heterocycles. The van der Waals surface area contributed by atoms with E-state index in [1.54, 1.807) is 0 Å². The highest BCUT2D eigenvalue weighted by molar-refractivity contribution is 5.91. The zero-order valence-corrected chi connectivity index (χ0v) is 12.5. The fraction of sp³-hybridized carbons (Fsp3) is 0.412. The maximum Gasteiger partial charge on any atom is 0.159 e. The lowest BCUT2D eigenvalue weighted by Crippen LogP contribution is -2.28. The molecule has 5 nitrogen and oxygen atoms in total. The van der Waals surface area contributed by atoms with Crippen molar-refractivity contribution >= 4 is 10.9 Å². The van der Waals surface area contributed by atoms with Crippen molar-refractivity contribution in [3.8, 4) is 11.5 Å². The van der Waals surface area contributed by atoms with E-state index in [1.165, 1.54) is 37.1 Å². The van der Waals surface area contributed by atoms with E-state index in [9.17, 15) is 0 Å². The van der Waals surface area contributed by atoms with E-state index < -0.39 is 0 Å². The Morgan fingerprint density at radius 3 is 2.82 bits per heavy atom. The number of aromatic amines is 2. The number of para-hydroxylation sites is 1. The van der Waals surface area contributed by atoms with Crippen molar-refractivity contribution in [1.29, 1.82) is 0 Å². The number of hydrogen-bond donors (Lipinski definition) is 2. The van der Waals surface area contributed by atoms with E-state index in [-0.39, 0.29) is 0 Å². The zero-order chi connectivity index (χ0) is 14.5. The molecule has 0 amide bonds. The minimum Gasteiger partial charge on any atom is -0.339 e. The number of benzene rings is 1. The number of nitrogens with one attached hydrogen (secondary N) is 2. The van der Waals surface area contributed by atoms with Gasteiger partial charge in [-0.25, -0.2) is 4.98 Å². The Labute approximate surface area is 128 Å². The minimum absolute atomic E-state index is 0.761. The molecule has 1 aliphatic carbocycles. The van der Waals surface area contributed by atoms with Gasteiger partial charge in [-0.2, -0.15) is 5.10 Å². The van der Waals surface area contributed by atoms with Gasteiger partial charge in [0.05, 0.1) is 16.9 Å². The highest BCUT2D eigenvalue weighted by Crippen LogP contribution is 2.32. The molecule has 5 heteroatoms. The molecule has 0 atom stereocenters. The van der Waals surface area contributed by atoms with E-state index in [0.29, 0.717) is 0 Å². The van der Waals surface area contributed by atoms with Crippen LogP contribution in [0.1, 0.15) is 37.1 Å². The number of fused-ring (bicyclic) bond motifs is 2. The van der Waals surface area contributed by atoms with Crippen molar-refractivity contribution in [3.63, 3.8) is 0 Å². The van der Waals surface area contributed by atoms with Crippen molar-refractivity contribution in [1.82, 2.24) is 25.1 Å². The number of nitrogens with zero attached hydrogens (tertiary/aromatic N) is 3. The molecule has 112 valence electrons. The lowest BCUT2D eigenvalue weighted by atomic mass is 10.2. The van der Waals surface area contributed by atoms with Gasteiger partial charge in [0.15, 0.2) is 5.82 Å². The van der Waals surface area contributed by atoms with Gasteiger partial charge in [-0.05, 0) is 18.9 Å². The molecule has 0 spiro atoms. The van der Waals surface area contributed by atoms with Gasteiger partial charge in [0.25, 0.3) is 0 Å². The molecule has 0 bridgehead atoms. The SMILES string of the molecule is c1ccc2c(-c3nc4c([nH]3)CN(C3CCCC3)C4)n[nH]c2c1. The first-order valence-electron chi connectivity index (χ1n) is 8.14. The summed E-state index contributed by atoms with van der Waals surface area (Å²) in [4.78, 5) is 10.9. The van der Waals surface area contributed by atoms with Crippen LogP contribution >= 0.6 is 0 Å². The Kier molecular flexibility index (Phi) is 2.64. The molecule has 1 aromatic carbocycles. The van der Waals surface area contributed by atoms with Crippen LogP contribution in [-0.4, -0.2) is 31.1 Å². The number of imidazole rings is 1. The first-order valence-corrected chi connectivity index (χ1v) is 8.14. The van der Waals surface area contributed by atoms with Crippen molar-refractivity contribution < 1.29 is 0 Å². The average Bonchev–Trinajstić information content (AvgIpc) is 3.28. The van der Waals surface area contributed by atoms with Gasteiger partial charge >= 0.3 is 0 Å². The minimum atomic E-state index is 0.761. The van der Waals surface area contributed by atoms with Crippen LogP contribution in [0.3, 0.4) is 0 Å². The second-order valence-corrected chi connectivity index (χ2v) is 6.47. The van der Waals surface area contributed by atoms with Crippen LogP contribution in [0.15, 0.2) is 24.3 Å². The largest absolute Gasteiger partial charge is 0.339 e. The van der Waals surface area contributed by atoms with Crippen LogP contribution < -0.4 is 0 Å². The number of aromatic nitrogens is 4. The highest BCUT2D eigenvalue weighted by Gasteiger charge is 2.30. The van der Waals surface area contributed by atoms with Gasteiger partial charge < -0.3 is 4.98 Å². The summed E-state index contributed by atoms with van der Waals surface area (Å²) in [6, 6.07) is 8.96. The Bertz CT molecular complexity index is 801. The third kappa shape index (κ3) is 1.82. The summed E-state index contributed by atoms with van der Waals surface area (Å²) in [6.45, 7) is 1.99. The molecule has 0 saturated heterocycles. The van der Waals surface area contributed by atoms with Crippen LogP contribution in [0.2, 0.25) is 0 Å². The normalized spacial score (nSPS) is 19.3. The molecule has 1 fully saturated rings. The topological polar surface area (TPSA) is 60.6 Å². The van der Waals surface area contributed by atoms with Crippen molar-refractivity contribution in [3.05, 3.63) is 35.7 Å².